The SMILES string of the molecule is CC(C)(C)OCC(=O)NC(Cc1ccccc1)C(=O)Oc1ccc(C=c2[nH]c(=O)c(=Cc3ccccc3)[nH]c2=O)nc1. The molecule has 4 aromatic rings. The highest BCUT2D eigenvalue weighted by molar-refractivity contribution is 5.86. The van der Waals surface area contributed by atoms with Gasteiger partial charge in [-0.3, -0.25) is 19.4 Å². The van der Waals surface area contributed by atoms with Gasteiger partial charge in [0.1, 0.15) is 29.1 Å². The Hall–Kier alpha value is -5.09. The fourth-order valence-electron chi connectivity index (χ4n) is 3.85. The number of nitrogens with zero attached hydrogens (tertiary/aromatic N) is 1. The Morgan fingerprint density at radius 1 is 0.881 bits per heavy atom. The van der Waals surface area contributed by atoms with Gasteiger partial charge in [0, 0.05) is 6.42 Å². The lowest BCUT2D eigenvalue weighted by molar-refractivity contribution is -0.141. The molecule has 0 saturated carbocycles. The summed E-state index contributed by atoms with van der Waals surface area (Å²) in [4.78, 5) is 60.1. The van der Waals surface area contributed by atoms with E-state index in [-0.39, 0.29) is 29.5 Å². The Morgan fingerprint density at radius 3 is 2.10 bits per heavy atom. The summed E-state index contributed by atoms with van der Waals surface area (Å²) in [5.41, 5.74) is 0.484. The summed E-state index contributed by atoms with van der Waals surface area (Å²) in [5, 5.41) is 2.84. The van der Waals surface area contributed by atoms with E-state index in [1.165, 1.54) is 24.4 Å². The van der Waals surface area contributed by atoms with Crippen LogP contribution < -0.4 is 31.9 Å². The third-order valence-corrected chi connectivity index (χ3v) is 5.90. The molecule has 0 aliphatic heterocycles. The molecule has 0 aliphatic carbocycles. The number of ether oxygens (including phenoxy) is 2. The van der Waals surface area contributed by atoms with Crippen LogP contribution >= 0.6 is 0 Å². The van der Waals surface area contributed by atoms with Gasteiger partial charge < -0.3 is 24.8 Å². The molecule has 1 atom stereocenters. The molecule has 0 spiro atoms. The molecule has 216 valence electrons. The van der Waals surface area contributed by atoms with Crippen molar-refractivity contribution in [3.8, 4) is 5.75 Å². The van der Waals surface area contributed by atoms with Crippen LogP contribution in [0.5, 0.6) is 5.75 Å². The Bertz CT molecular complexity index is 1760. The first-order valence-corrected chi connectivity index (χ1v) is 13.3. The second-order valence-electron chi connectivity index (χ2n) is 10.5. The Kier molecular flexibility index (Phi) is 9.61. The van der Waals surface area contributed by atoms with Gasteiger partial charge in [-0.1, -0.05) is 60.7 Å². The number of amides is 1. The molecular formula is C32H32N4O6. The van der Waals surface area contributed by atoms with Crippen LogP contribution in [0.15, 0.2) is 88.6 Å². The van der Waals surface area contributed by atoms with Crippen LogP contribution in [-0.4, -0.2) is 45.1 Å². The largest absolute Gasteiger partial charge is 0.423 e. The summed E-state index contributed by atoms with van der Waals surface area (Å²) < 4.78 is 11.0. The molecular weight excluding hydrogens is 536 g/mol. The van der Waals surface area contributed by atoms with Crippen LogP contribution in [0, 0.1) is 0 Å². The second-order valence-corrected chi connectivity index (χ2v) is 10.5. The van der Waals surface area contributed by atoms with E-state index in [4.69, 9.17) is 9.47 Å². The number of carbonyl (C=O) groups is 2. The van der Waals surface area contributed by atoms with Gasteiger partial charge in [0.25, 0.3) is 11.1 Å². The average Bonchev–Trinajstić information content (AvgIpc) is 2.96. The molecule has 10 heteroatoms. The lowest BCUT2D eigenvalue weighted by Crippen LogP contribution is -2.46. The molecule has 0 radical (unpaired) electrons. The third kappa shape index (κ3) is 8.97. The summed E-state index contributed by atoms with van der Waals surface area (Å²) in [5.74, 6) is -0.976. The van der Waals surface area contributed by atoms with E-state index in [9.17, 15) is 19.2 Å². The molecule has 2 heterocycles. The predicted octanol–water partition coefficient (Wildman–Crippen LogP) is 1.56. The quantitative estimate of drug-likeness (QED) is 0.260. The number of nitrogens with one attached hydrogen (secondary N) is 3. The van der Waals surface area contributed by atoms with Crippen LogP contribution in [0.4, 0.5) is 0 Å². The minimum atomic E-state index is -0.968. The van der Waals surface area contributed by atoms with Crippen molar-refractivity contribution in [3.05, 3.63) is 127 Å². The minimum absolute atomic E-state index is 0.0190. The van der Waals surface area contributed by atoms with Gasteiger partial charge in [0.2, 0.25) is 5.91 Å². The minimum Gasteiger partial charge on any atom is -0.423 e. The molecule has 0 saturated heterocycles. The fourth-order valence-corrected chi connectivity index (χ4v) is 3.85. The molecule has 0 aliphatic rings. The van der Waals surface area contributed by atoms with Gasteiger partial charge in [-0.05, 0) is 56.2 Å². The van der Waals surface area contributed by atoms with Gasteiger partial charge >= 0.3 is 5.97 Å². The van der Waals surface area contributed by atoms with Crippen molar-refractivity contribution in [1.82, 2.24) is 20.3 Å². The maximum atomic E-state index is 13.1. The lowest BCUT2D eigenvalue weighted by atomic mass is 10.1. The highest BCUT2D eigenvalue weighted by Crippen LogP contribution is 2.13. The molecule has 1 amide bonds. The number of pyridine rings is 1. The number of aromatic amines is 2. The maximum Gasteiger partial charge on any atom is 0.334 e. The molecule has 2 aromatic carbocycles. The fraction of sp³-hybridized carbons (Fsp3) is 0.219. The smallest absolute Gasteiger partial charge is 0.334 e. The molecule has 3 N–H and O–H groups in total. The van der Waals surface area contributed by atoms with Crippen molar-refractivity contribution in [3.63, 3.8) is 0 Å². The molecule has 0 bridgehead atoms. The van der Waals surface area contributed by atoms with Crippen LogP contribution in [0.1, 0.15) is 37.6 Å². The Morgan fingerprint density at radius 2 is 1.50 bits per heavy atom. The number of H-pyrrole nitrogens is 2. The van der Waals surface area contributed by atoms with Crippen LogP contribution in [0.3, 0.4) is 0 Å². The van der Waals surface area contributed by atoms with Crippen molar-refractivity contribution in [2.24, 2.45) is 0 Å². The first-order valence-electron chi connectivity index (χ1n) is 13.3. The highest BCUT2D eigenvalue weighted by atomic mass is 16.5. The summed E-state index contributed by atoms with van der Waals surface area (Å²) in [6.45, 7) is 5.28. The summed E-state index contributed by atoms with van der Waals surface area (Å²) in [7, 11) is 0. The maximum absolute atomic E-state index is 13.1. The number of benzene rings is 2. The van der Waals surface area contributed by atoms with E-state index in [0.29, 0.717) is 5.69 Å². The number of aromatic nitrogens is 3. The van der Waals surface area contributed by atoms with E-state index in [1.54, 1.807) is 6.08 Å². The molecule has 10 nitrogen and oxygen atoms in total. The van der Waals surface area contributed by atoms with Gasteiger partial charge in [-0.15, -0.1) is 0 Å². The number of hydrogen-bond acceptors (Lipinski definition) is 7. The summed E-state index contributed by atoms with van der Waals surface area (Å²) in [6, 6.07) is 20.5. The van der Waals surface area contributed by atoms with E-state index < -0.39 is 34.6 Å². The number of esters is 1. The van der Waals surface area contributed by atoms with Gasteiger partial charge in [-0.25, -0.2) is 4.79 Å². The topological polar surface area (TPSA) is 143 Å². The first kappa shape index (κ1) is 29.9. The molecule has 42 heavy (non-hydrogen) atoms. The van der Waals surface area contributed by atoms with Crippen molar-refractivity contribution < 1.29 is 19.1 Å². The van der Waals surface area contributed by atoms with Gasteiger partial charge in [0.05, 0.1) is 17.5 Å². The van der Waals surface area contributed by atoms with Crippen molar-refractivity contribution >= 4 is 24.0 Å². The predicted molar refractivity (Wildman–Crippen MR) is 158 cm³/mol. The monoisotopic (exact) mass is 568 g/mol. The third-order valence-electron chi connectivity index (χ3n) is 5.90. The zero-order valence-corrected chi connectivity index (χ0v) is 23.5. The van der Waals surface area contributed by atoms with Crippen LogP contribution in [0.2, 0.25) is 0 Å². The summed E-state index contributed by atoms with van der Waals surface area (Å²) >= 11 is 0. The van der Waals surface area contributed by atoms with Gasteiger partial charge in [0.15, 0.2) is 0 Å². The zero-order chi connectivity index (χ0) is 30.1. The van der Waals surface area contributed by atoms with Crippen LogP contribution in [-0.2, 0) is 20.7 Å². The van der Waals surface area contributed by atoms with Gasteiger partial charge in [-0.2, -0.15) is 0 Å². The number of hydrogen-bond donors (Lipinski definition) is 3. The molecule has 4 rings (SSSR count). The van der Waals surface area contributed by atoms with E-state index in [2.05, 4.69) is 20.3 Å². The molecule has 0 fully saturated rings. The first-order chi connectivity index (χ1) is 20.1. The highest BCUT2D eigenvalue weighted by Gasteiger charge is 2.24. The van der Waals surface area contributed by atoms with Crippen molar-refractivity contribution in [1.29, 1.82) is 0 Å². The number of carbonyl (C=O) groups excluding carboxylic acids is 2. The number of rotatable bonds is 9. The summed E-state index contributed by atoms with van der Waals surface area (Å²) in [6.07, 6.45) is 4.52. The van der Waals surface area contributed by atoms with Crippen molar-refractivity contribution in [2.45, 2.75) is 38.8 Å². The Balaban J connectivity index is 1.49. The normalized spacial score (nSPS) is 13.0. The standard InChI is InChI=1S/C32H32N4O6/c1-32(2,3)41-20-28(37)34-27(17-22-12-8-5-9-13-22)31(40)42-24-15-14-23(33-19-24)18-26-30(39)35-25(29(38)36-26)16-21-10-6-4-7-11-21/h4-16,18-19,27H,17,20H2,1-3H3,(H,34,37)(H,35,39)(H,36,38). The van der Waals surface area contributed by atoms with Crippen molar-refractivity contribution in [2.75, 3.05) is 6.61 Å². The van der Waals surface area contributed by atoms with Crippen LogP contribution in [0.25, 0.3) is 12.2 Å². The van der Waals surface area contributed by atoms with E-state index in [0.717, 1.165) is 11.1 Å². The van der Waals surface area contributed by atoms with E-state index >= 15 is 0 Å². The molecule has 2 aromatic heterocycles. The zero-order valence-electron chi connectivity index (χ0n) is 23.5. The Labute approximate surface area is 241 Å². The van der Waals surface area contributed by atoms with E-state index in [1.807, 2.05) is 81.4 Å². The second kappa shape index (κ2) is 13.5. The molecule has 1 unspecified atom stereocenters. The average molecular weight is 569 g/mol. The lowest BCUT2D eigenvalue weighted by Gasteiger charge is -2.21.